The Kier molecular flexibility index (Phi) is 5.07. The number of carbonyl (C=O) groups is 1. The van der Waals surface area contributed by atoms with E-state index in [2.05, 4.69) is 11.7 Å². The summed E-state index contributed by atoms with van der Waals surface area (Å²) in [5, 5.41) is 0.599. The maximum atomic E-state index is 13.3. The third-order valence-electron chi connectivity index (χ3n) is 4.72. The van der Waals surface area contributed by atoms with Crippen molar-refractivity contribution in [3.63, 3.8) is 0 Å². The van der Waals surface area contributed by atoms with Crippen molar-refractivity contribution in [2.75, 3.05) is 7.11 Å². The molecule has 148 valence electrons. The molecule has 7 heteroatoms. The molecule has 0 unspecified atom stereocenters. The maximum absolute atomic E-state index is 13.3. The summed E-state index contributed by atoms with van der Waals surface area (Å²) in [6.45, 7) is 4.23. The van der Waals surface area contributed by atoms with Gasteiger partial charge in [0.15, 0.2) is 0 Å². The number of methoxy groups -OCH3 is 1. The van der Waals surface area contributed by atoms with Crippen LogP contribution in [0.2, 0.25) is 0 Å². The Bertz CT molecular complexity index is 1250. The zero-order chi connectivity index (χ0) is 20.5. The quantitative estimate of drug-likeness (QED) is 0.457. The van der Waals surface area contributed by atoms with Crippen LogP contribution in [-0.4, -0.2) is 22.6 Å². The molecule has 0 radical (unpaired) electrons. The van der Waals surface area contributed by atoms with Crippen LogP contribution in [0.5, 0.6) is 0 Å². The van der Waals surface area contributed by atoms with Crippen molar-refractivity contribution < 1.29 is 13.9 Å². The first-order valence-electron chi connectivity index (χ1n) is 9.27. The van der Waals surface area contributed by atoms with Gasteiger partial charge in [0.05, 0.1) is 19.0 Å². The van der Waals surface area contributed by atoms with Crippen molar-refractivity contribution in [2.45, 2.75) is 26.8 Å². The van der Waals surface area contributed by atoms with Gasteiger partial charge < -0.3 is 9.15 Å². The summed E-state index contributed by atoms with van der Waals surface area (Å²) in [4.78, 5) is 31.6. The van der Waals surface area contributed by atoms with Gasteiger partial charge in [-0.05, 0) is 31.5 Å². The van der Waals surface area contributed by atoms with Gasteiger partial charge in [0.2, 0.25) is 5.76 Å². The highest BCUT2D eigenvalue weighted by molar-refractivity contribution is 7.18. The van der Waals surface area contributed by atoms with Gasteiger partial charge in [-0.1, -0.05) is 36.8 Å². The van der Waals surface area contributed by atoms with Crippen molar-refractivity contribution in [3.05, 3.63) is 74.8 Å². The average Bonchev–Trinajstić information content (AvgIpc) is 3.37. The van der Waals surface area contributed by atoms with E-state index < -0.39 is 5.97 Å². The zero-order valence-corrected chi connectivity index (χ0v) is 17.2. The first-order valence-corrected chi connectivity index (χ1v) is 10.1. The Morgan fingerprint density at radius 1 is 1.21 bits per heavy atom. The number of aryl methyl sites for hydroxylation is 2. The Labute approximate surface area is 171 Å². The fraction of sp³-hybridized carbons (Fsp3) is 0.227. The van der Waals surface area contributed by atoms with Crippen molar-refractivity contribution in [2.24, 2.45) is 0 Å². The molecule has 0 spiro atoms. The van der Waals surface area contributed by atoms with Gasteiger partial charge in [-0.2, -0.15) is 0 Å². The fourth-order valence-corrected chi connectivity index (χ4v) is 4.10. The number of carbonyl (C=O) groups excluding carboxylic acids is 1. The van der Waals surface area contributed by atoms with Crippen LogP contribution in [0.3, 0.4) is 0 Å². The molecule has 0 aliphatic heterocycles. The molecule has 0 fully saturated rings. The molecule has 0 N–H and O–H groups in total. The van der Waals surface area contributed by atoms with E-state index in [0.29, 0.717) is 17.0 Å². The lowest BCUT2D eigenvalue weighted by atomic mass is 10.1. The highest BCUT2D eigenvalue weighted by Gasteiger charge is 2.18. The number of nitrogens with zero attached hydrogens (tertiary/aromatic N) is 2. The van der Waals surface area contributed by atoms with Gasteiger partial charge in [0, 0.05) is 10.4 Å². The van der Waals surface area contributed by atoms with E-state index in [4.69, 9.17) is 9.40 Å². The smallest absolute Gasteiger partial charge is 0.373 e. The number of hydrogen-bond donors (Lipinski definition) is 0. The minimum Gasteiger partial charge on any atom is -0.463 e. The molecule has 1 aromatic carbocycles. The minimum absolute atomic E-state index is 0.102. The van der Waals surface area contributed by atoms with E-state index in [1.807, 2.05) is 37.3 Å². The van der Waals surface area contributed by atoms with Gasteiger partial charge in [0.1, 0.15) is 16.4 Å². The van der Waals surface area contributed by atoms with Crippen LogP contribution in [-0.2, 0) is 17.7 Å². The molecule has 4 rings (SSSR count). The van der Waals surface area contributed by atoms with Gasteiger partial charge >= 0.3 is 5.97 Å². The predicted molar refractivity (Wildman–Crippen MR) is 113 cm³/mol. The molecule has 0 amide bonds. The first kappa shape index (κ1) is 19.1. The Balaban J connectivity index is 1.87. The zero-order valence-electron chi connectivity index (χ0n) is 16.4. The second-order valence-corrected chi connectivity index (χ2v) is 7.85. The molecule has 29 heavy (non-hydrogen) atoms. The number of hydrogen-bond acceptors (Lipinski definition) is 6. The van der Waals surface area contributed by atoms with Gasteiger partial charge in [0.25, 0.3) is 5.56 Å². The average molecular weight is 408 g/mol. The van der Waals surface area contributed by atoms with Crippen molar-refractivity contribution in [3.8, 4) is 11.4 Å². The van der Waals surface area contributed by atoms with Crippen LogP contribution in [0.4, 0.5) is 0 Å². The molecule has 0 aliphatic rings. The van der Waals surface area contributed by atoms with Crippen LogP contribution in [0, 0.1) is 6.92 Å². The van der Waals surface area contributed by atoms with Crippen LogP contribution in [0.1, 0.15) is 33.7 Å². The summed E-state index contributed by atoms with van der Waals surface area (Å²) >= 11 is 1.54. The molecular weight excluding hydrogens is 388 g/mol. The van der Waals surface area contributed by atoms with E-state index in [1.54, 1.807) is 28.0 Å². The normalized spacial score (nSPS) is 11.1. The predicted octanol–water partition coefficient (Wildman–Crippen LogP) is 4.42. The molecule has 0 atom stereocenters. The molecular formula is C22H20N2O4S. The molecule has 0 saturated carbocycles. The standard InChI is InChI=1S/C22H20N2O4S/c1-4-16-11-17-20(29-16)23-19(14-7-5-13(2)6-8-14)24(21(17)25)12-15-9-10-18(28-15)22(26)27-3/h5-11H,4,12H2,1-3H3. The number of fused-ring (bicyclic) bond motifs is 1. The van der Waals surface area contributed by atoms with Crippen molar-refractivity contribution in [1.82, 2.24) is 9.55 Å². The monoisotopic (exact) mass is 408 g/mol. The van der Waals surface area contributed by atoms with Crippen molar-refractivity contribution in [1.29, 1.82) is 0 Å². The molecule has 0 aliphatic carbocycles. The van der Waals surface area contributed by atoms with E-state index >= 15 is 0 Å². The van der Waals surface area contributed by atoms with E-state index in [9.17, 15) is 9.59 Å². The van der Waals surface area contributed by atoms with Crippen LogP contribution >= 0.6 is 11.3 Å². The summed E-state index contributed by atoms with van der Waals surface area (Å²) in [7, 11) is 1.30. The Morgan fingerprint density at radius 2 is 1.97 bits per heavy atom. The highest BCUT2D eigenvalue weighted by Crippen LogP contribution is 2.26. The second-order valence-electron chi connectivity index (χ2n) is 6.74. The summed E-state index contributed by atoms with van der Waals surface area (Å²) in [6, 6.07) is 13.0. The number of benzene rings is 1. The fourth-order valence-electron chi connectivity index (χ4n) is 3.14. The van der Waals surface area contributed by atoms with E-state index in [0.717, 1.165) is 27.3 Å². The van der Waals surface area contributed by atoms with E-state index in [-0.39, 0.29) is 17.9 Å². The lowest BCUT2D eigenvalue weighted by Gasteiger charge is -2.11. The minimum atomic E-state index is -0.554. The first-order chi connectivity index (χ1) is 14.0. The SMILES string of the molecule is CCc1cc2c(=O)n(Cc3ccc(C(=O)OC)o3)c(-c3ccc(C)cc3)nc2s1. The Hall–Kier alpha value is -3.19. The number of ether oxygens (including phenoxy) is 1. The van der Waals surface area contributed by atoms with Crippen molar-refractivity contribution >= 4 is 27.5 Å². The number of furan rings is 1. The molecule has 0 saturated heterocycles. The largest absolute Gasteiger partial charge is 0.463 e. The third kappa shape index (κ3) is 3.61. The van der Waals surface area contributed by atoms with Gasteiger partial charge in [-0.3, -0.25) is 9.36 Å². The lowest BCUT2D eigenvalue weighted by Crippen LogP contribution is -2.23. The number of esters is 1. The molecule has 3 aromatic heterocycles. The lowest BCUT2D eigenvalue weighted by molar-refractivity contribution is 0.0563. The van der Waals surface area contributed by atoms with Crippen LogP contribution < -0.4 is 5.56 Å². The summed E-state index contributed by atoms with van der Waals surface area (Å²) in [5.41, 5.74) is 1.85. The second kappa shape index (κ2) is 7.67. The maximum Gasteiger partial charge on any atom is 0.373 e. The van der Waals surface area contributed by atoms with Crippen LogP contribution in [0.15, 0.2) is 51.7 Å². The van der Waals surface area contributed by atoms with E-state index in [1.165, 1.54) is 7.11 Å². The molecule has 0 bridgehead atoms. The van der Waals surface area contributed by atoms with Crippen LogP contribution in [0.25, 0.3) is 21.6 Å². The van der Waals surface area contributed by atoms with Gasteiger partial charge in [-0.15, -0.1) is 11.3 Å². The molecule has 6 nitrogen and oxygen atoms in total. The topological polar surface area (TPSA) is 74.3 Å². The number of rotatable bonds is 5. The Morgan fingerprint density at radius 3 is 2.66 bits per heavy atom. The summed E-state index contributed by atoms with van der Waals surface area (Å²) in [6.07, 6.45) is 0.848. The summed E-state index contributed by atoms with van der Waals surface area (Å²) < 4.78 is 11.9. The third-order valence-corrected chi connectivity index (χ3v) is 5.90. The molecule has 3 heterocycles. The number of thiophene rings is 1. The highest BCUT2D eigenvalue weighted by atomic mass is 32.1. The van der Waals surface area contributed by atoms with Gasteiger partial charge in [-0.25, -0.2) is 9.78 Å². The molecule has 4 aromatic rings. The number of aromatic nitrogens is 2. The summed E-state index contributed by atoms with van der Waals surface area (Å²) in [5.74, 6) is 0.600.